The fourth-order valence-electron chi connectivity index (χ4n) is 1.40. The number of hydrogen-bond donors (Lipinski definition) is 1. The van der Waals surface area contributed by atoms with E-state index in [1.165, 1.54) is 19.3 Å². The summed E-state index contributed by atoms with van der Waals surface area (Å²) in [4.78, 5) is 0. The zero-order valence-electron chi connectivity index (χ0n) is 10.1. The van der Waals surface area contributed by atoms with E-state index in [2.05, 4.69) is 20.8 Å². The Morgan fingerprint density at radius 2 is 1.62 bits per heavy atom. The largest absolute Gasteiger partial charge is 0.393 e. The molecule has 0 aromatic heterocycles. The molecule has 0 spiro atoms. The summed E-state index contributed by atoms with van der Waals surface area (Å²) in [7, 11) is 0. The monoisotopic (exact) mass is 188 g/mol. The van der Waals surface area contributed by atoms with Crippen molar-refractivity contribution in [1.29, 1.82) is 0 Å². The minimum Gasteiger partial charge on any atom is -0.393 e. The van der Waals surface area contributed by atoms with E-state index in [9.17, 15) is 0 Å². The summed E-state index contributed by atoms with van der Waals surface area (Å²) >= 11 is 0. The predicted octanol–water partition coefficient (Wildman–Crippen LogP) is 4.00. The van der Waals surface area contributed by atoms with Crippen LogP contribution < -0.4 is 0 Å². The average Bonchev–Trinajstić information content (AvgIpc) is 2.08. The highest BCUT2D eigenvalue weighted by Gasteiger charge is 2.15. The van der Waals surface area contributed by atoms with Crippen LogP contribution in [0.25, 0.3) is 0 Å². The summed E-state index contributed by atoms with van der Waals surface area (Å²) in [5.41, 5.74) is 0. The molecule has 0 aromatic carbocycles. The molecular formula is C12H28O. The minimum atomic E-state index is 0.0127. The van der Waals surface area contributed by atoms with E-state index in [4.69, 9.17) is 5.11 Å². The Balaban J connectivity index is 0. The Bertz CT molecular complexity index is 73.2. The van der Waals surface area contributed by atoms with Gasteiger partial charge in [0, 0.05) is 0 Å². The van der Waals surface area contributed by atoms with Gasteiger partial charge in [-0.15, -0.1) is 0 Å². The third-order valence-corrected chi connectivity index (χ3v) is 1.91. The second kappa shape index (κ2) is 12.0. The molecule has 0 aliphatic heterocycles. The maximum absolute atomic E-state index is 9.08. The molecule has 0 radical (unpaired) electrons. The van der Waals surface area contributed by atoms with E-state index < -0.39 is 0 Å². The SMILES string of the molecule is CC.CC1CCCC(O)C1.CCC. The van der Waals surface area contributed by atoms with Gasteiger partial charge < -0.3 is 5.11 Å². The van der Waals surface area contributed by atoms with Gasteiger partial charge in [0.1, 0.15) is 0 Å². The van der Waals surface area contributed by atoms with Crippen LogP contribution >= 0.6 is 0 Å². The van der Waals surface area contributed by atoms with E-state index in [-0.39, 0.29) is 6.10 Å². The van der Waals surface area contributed by atoms with E-state index >= 15 is 0 Å². The predicted molar refractivity (Wildman–Crippen MR) is 61.0 cm³/mol. The van der Waals surface area contributed by atoms with Crippen LogP contribution in [0.4, 0.5) is 0 Å². The molecular weight excluding hydrogens is 160 g/mol. The lowest BCUT2D eigenvalue weighted by Gasteiger charge is -2.21. The number of rotatable bonds is 0. The van der Waals surface area contributed by atoms with Gasteiger partial charge in [0.05, 0.1) is 6.10 Å². The average molecular weight is 188 g/mol. The molecule has 0 saturated heterocycles. The van der Waals surface area contributed by atoms with Gasteiger partial charge in [-0.3, -0.25) is 0 Å². The number of aliphatic hydroxyl groups excluding tert-OH is 1. The second-order valence-electron chi connectivity index (χ2n) is 3.63. The van der Waals surface area contributed by atoms with Crippen molar-refractivity contribution in [2.75, 3.05) is 0 Å². The molecule has 2 unspecified atom stereocenters. The summed E-state index contributed by atoms with van der Waals surface area (Å²) in [5, 5.41) is 9.08. The standard InChI is InChI=1S/C7H14O.C3H8.C2H6/c1-6-3-2-4-7(8)5-6;1-3-2;1-2/h6-8H,2-5H2,1H3;3H2,1-2H3;1-2H3. The van der Waals surface area contributed by atoms with Crippen molar-refractivity contribution in [2.24, 2.45) is 5.92 Å². The first-order chi connectivity index (χ1) is 6.20. The molecule has 1 fully saturated rings. The van der Waals surface area contributed by atoms with Crippen LogP contribution in [-0.2, 0) is 0 Å². The van der Waals surface area contributed by atoms with E-state index in [0.717, 1.165) is 18.8 Å². The summed E-state index contributed by atoms with van der Waals surface area (Å²) in [6.45, 7) is 10.5. The first kappa shape index (κ1) is 15.4. The van der Waals surface area contributed by atoms with Gasteiger partial charge in [-0.1, -0.05) is 53.9 Å². The fraction of sp³-hybridized carbons (Fsp3) is 1.00. The molecule has 1 N–H and O–H groups in total. The van der Waals surface area contributed by atoms with Crippen LogP contribution in [0.3, 0.4) is 0 Å². The second-order valence-corrected chi connectivity index (χ2v) is 3.63. The van der Waals surface area contributed by atoms with Crippen molar-refractivity contribution in [3.8, 4) is 0 Å². The van der Waals surface area contributed by atoms with Crippen LogP contribution in [0.1, 0.15) is 66.7 Å². The van der Waals surface area contributed by atoms with Crippen LogP contribution in [0.5, 0.6) is 0 Å². The van der Waals surface area contributed by atoms with Crippen molar-refractivity contribution in [3.05, 3.63) is 0 Å². The lowest BCUT2D eigenvalue weighted by atomic mass is 9.89. The van der Waals surface area contributed by atoms with Crippen molar-refractivity contribution in [2.45, 2.75) is 72.8 Å². The van der Waals surface area contributed by atoms with Crippen LogP contribution in [0.15, 0.2) is 0 Å². The van der Waals surface area contributed by atoms with Gasteiger partial charge in [0.2, 0.25) is 0 Å². The van der Waals surface area contributed by atoms with Crippen molar-refractivity contribution in [3.63, 3.8) is 0 Å². The van der Waals surface area contributed by atoms with Gasteiger partial charge in [0.25, 0.3) is 0 Å². The lowest BCUT2D eigenvalue weighted by Crippen LogP contribution is -2.16. The Morgan fingerprint density at radius 1 is 1.15 bits per heavy atom. The zero-order chi connectivity index (χ0) is 10.7. The van der Waals surface area contributed by atoms with E-state index in [0.29, 0.717) is 0 Å². The Kier molecular flexibility index (Phi) is 14.2. The summed E-state index contributed by atoms with van der Waals surface area (Å²) in [6.07, 6.45) is 5.86. The molecule has 0 bridgehead atoms. The van der Waals surface area contributed by atoms with Crippen LogP contribution in [0.2, 0.25) is 0 Å². The zero-order valence-corrected chi connectivity index (χ0v) is 10.1. The maximum atomic E-state index is 9.08. The molecule has 0 aromatic rings. The highest BCUT2D eigenvalue weighted by Crippen LogP contribution is 2.22. The Labute approximate surface area is 84.6 Å². The molecule has 1 aliphatic rings. The van der Waals surface area contributed by atoms with Gasteiger partial charge >= 0.3 is 0 Å². The van der Waals surface area contributed by atoms with Gasteiger partial charge in [-0.2, -0.15) is 0 Å². The Hall–Kier alpha value is -0.0400. The molecule has 1 aliphatic carbocycles. The quantitative estimate of drug-likeness (QED) is 0.609. The summed E-state index contributed by atoms with van der Waals surface area (Å²) in [5.74, 6) is 0.763. The Morgan fingerprint density at radius 3 is 1.85 bits per heavy atom. The van der Waals surface area contributed by atoms with Gasteiger partial charge in [-0.05, 0) is 18.8 Å². The highest BCUT2D eigenvalue weighted by molar-refractivity contribution is 4.67. The maximum Gasteiger partial charge on any atom is 0.0542 e. The third-order valence-electron chi connectivity index (χ3n) is 1.91. The normalized spacial score (nSPS) is 26.3. The molecule has 1 rings (SSSR count). The fourth-order valence-corrected chi connectivity index (χ4v) is 1.40. The molecule has 0 heterocycles. The molecule has 2 atom stereocenters. The third kappa shape index (κ3) is 12.0. The topological polar surface area (TPSA) is 20.2 Å². The number of aliphatic hydroxyl groups is 1. The van der Waals surface area contributed by atoms with Gasteiger partial charge in [-0.25, -0.2) is 0 Å². The molecule has 1 saturated carbocycles. The first-order valence-electron chi connectivity index (χ1n) is 5.88. The van der Waals surface area contributed by atoms with E-state index in [1.54, 1.807) is 0 Å². The van der Waals surface area contributed by atoms with Gasteiger partial charge in [0.15, 0.2) is 0 Å². The molecule has 0 amide bonds. The molecule has 1 nitrogen and oxygen atoms in total. The smallest absolute Gasteiger partial charge is 0.0542 e. The summed E-state index contributed by atoms with van der Waals surface area (Å²) < 4.78 is 0. The van der Waals surface area contributed by atoms with Crippen LogP contribution in [0, 0.1) is 5.92 Å². The van der Waals surface area contributed by atoms with Crippen LogP contribution in [-0.4, -0.2) is 11.2 Å². The molecule has 82 valence electrons. The summed E-state index contributed by atoms with van der Waals surface area (Å²) in [6, 6.07) is 0. The van der Waals surface area contributed by atoms with Crippen molar-refractivity contribution >= 4 is 0 Å². The van der Waals surface area contributed by atoms with Crippen molar-refractivity contribution < 1.29 is 5.11 Å². The highest BCUT2D eigenvalue weighted by atomic mass is 16.3. The molecule has 1 heteroatoms. The lowest BCUT2D eigenvalue weighted by molar-refractivity contribution is 0.106. The van der Waals surface area contributed by atoms with Crippen molar-refractivity contribution in [1.82, 2.24) is 0 Å². The number of hydrogen-bond acceptors (Lipinski definition) is 1. The molecule has 13 heavy (non-hydrogen) atoms. The first-order valence-corrected chi connectivity index (χ1v) is 5.88. The van der Waals surface area contributed by atoms with E-state index in [1.807, 2.05) is 13.8 Å². The minimum absolute atomic E-state index is 0.0127.